The predicted octanol–water partition coefficient (Wildman–Crippen LogP) is 2.52. The maximum absolute atomic E-state index is 5.34. The lowest BCUT2D eigenvalue weighted by molar-refractivity contribution is -0.914. The van der Waals surface area contributed by atoms with Gasteiger partial charge in [-0.25, -0.2) is 0 Å². The van der Waals surface area contributed by atoms with Crippen molar-refractivity contribution in [1.29, 1.82) is 0 Å². The summed E-state index contributed by atoms with van der Waals surface area (Å²) in [6, 6.07) is 18.8. The molecular formula is C20H25N4S+. The zero-order valence-electron chi connectivity index (χ0n) is 14.6. The molecule has 1 heterocycles. The third-order valence-electron chi connectivity index (χ3n) is 4.54. The van der Waals surface area contributed by atoms with Gasteiger partial charge in [-0.3, -0.25) is 5.43 Å². The van der Waals surface area contributed by atoms with Gasteiger partial charge in [0.2, 0.25) is 0 Å². The highest BCUT2D eigenvalue weighted by molar-refractivity contribution is 7.80. The van der Waals surface area contributed by atoms with Crippen molar-refractivity contribution in [1.82, 2.24) is 5.43 Å². The summed E-state index contributed by atoms with van der Waals surface area (Å²) in [5.74, 6) is 0. The van der Waals surface area contributed by atoms with Crippen LogP contribution in [0.2, 0.25) is 0 Å². The Hall–Kier alpha value is -2.24. The number of likely N-dealkylation sites (tertiary alicyclic amines) is 1. The second kappa shape index (κ2) is 8.74. The quantitative estimate of drug-likeness (QED) is 0.584. The smallest absolute Gasteiger partial charge is 0.191 e. The van der Waals surface area contributed by atoms with E-state index in [-0.39, 0.29) is 0 Å². The summed E-state index contributed by atoms with van der Waals surface area (Å²) in [5, 5.41) is 8.24. The third kappa shape index (κ3) is 5.37. The van der Waals surface area contributed by atoms with Crippen molar-refractivity contribution >= 4 is 28.7 Å². The number of anilines is 1. The van der Waals surface area contributed by atoms with Crippen LogP contribution < -0.4 is 15.6 Å². The second-order valence-electron chi connectivity index (χ2n) is 6.47. The minimum Gasteiger partial charge on any atom is -0.331 e. The van der Waals surface area contributed by atoms with Crippen LogP contribution in [-0.2, 0) is 6.54 Å². The predicted molar refractivity (Wildman–Crippen MR) is 108 cm³/mol. The highest BCUT2D eigenvalue weighted by atomic mass is 32.1. The number of nitrogens with zero attached hydrogens (tertiary/aromatic N) is 1. The molecule has 0 unspecified atom stereocenters. The lowest BCUT2D eigenvalue weighted by Crippen LogP contribution is -3.11. The van der Waals surface area contributed by atoms with Crippen LogP contribution in [0.15, 0.2) is 59.7 Å². The summed E-state index contributed by atoms with van der Waals surface area (Å²) in [4.78, 5) is 1.62. The number of nitrogens with one attached hydrogen (secondary N) is 3. The van der Waals surface area contributed by atoms with E-state index in [1.54, 1.807) is 4.90 Å². The molecule has 0 aliphatic carbocycles. The third-order valence-corrected chi connectivity index (χ3v) is 4.73. The summed E-state index contributed by atoms with van der Waals surface area (Å²) >= 11 is 5.34. The van der Waals surface area contributed by atoms with Gasteiger partial charge in [0.1, 0.15) is 6.54 Å². The van der Waals surface area contributed by atoms with Crippen LogP contribution in [0.1, 0.15) is 24.0 Å². The van der Waals surface area contributed by atoms with E-state index < -0.39 is 0 Å². The number of benzene rings is 2. The van der Waals surface area contributed by atoms with Gasteiger partial charge in [-0.2, -0.15) is 5.10 Å². The molecule has 0 atom stereocenters. The second-order valence-corrected chi connectivity index (χ2v) is 6.88. The maximum Gasteiger partial charge on any atom is 0.191 e. The van der Waals surface area contributed by atoms with Gasteiger partial charge in [0.25, 0.3) is 0 Å². The fraction of sp³-hybridized carbons (Fsp3) is 0.300. The van der Waals surface area contributed by atoms with Crippen molar-refractivity contribution in [2.24, 2.45) is 5.10 Å². The summed E-state index contributed by atoms with van der Waals surface area (Å²) in [7, 11) is 0. The van der Waals surface area contributed by atoms with Gasteiger partial charge >= 0.3 is 0 Å². The summed E-state index contributed by atoms with van der Waals surface area (Å²) in [6.07, 6.45) is 2.03. The first-order chi connectivity index (χ1) is 12.2. The van der Waals surface area contributed by atoms with E-state index in [4.69, 9.17) is 12.2 Å². The molecule has 5 heteroatoms. The number of piperidine rings is 1. The first-order valence-electron chi connectivity index (χ1n) is 8.76. The Morgan fingerprint density at radius 1 is 1.04 bits per heavy atom. The van der Waals surface area contributed by atoms with Crippen molar-refractivity contribution in [3.63, 3.8) is 0 Å². The Labute approximate surface area is 154 Å². The summed E-state index contributed by atoms with van der Waals surface area (Å²) in [5.41, 5.74) is 7.77. The number of para-hydroxylation sites is 1. The van der Waals surface area contributed by atoms with Crippen molar-refractivity contribution < 1.29 is 4.90 Å². The van der Waals surface area contributed by atoms with Crippen molar-refractivity contribution in [3.8, 4) is 0 Å². The molecule has 2 aromatic carbocycles. The van der Waals surface area contributed by atoms with E-state index in [0.717, 1.165) is 43.7 Å². The monoisotopic (exact) mass is 353 g/mol. The molecule has 25 heavy (non-hydrogen) atoms. The van der Waals surface area contributed by atoms with E-state index in [0.29, 0.717) is 5.11 Å². The van der Waals surface area contributed by atoms with Gasteiger partial charge in [0.05, 0.1) is 13.1 Å². The highest BCUT2D eigenvalue weighted by Gasteiger charge is 2.18. The normalized spacial score (nSPS) is 17.0. The van der Waals surface area contributed by atoms with Crippen LogP contribution in [0.5, 0.6) is 0 Å². The zero-order chi connectivity index (χ0) is 17.5. The molecule has 0 saturated carbocycles. The molecule has 2 aromatic rings. The van der Waals surface area contributed by atoms with Crippen LogP contribution >= 0.6 is 12.2 Å². The molecule has 3 N–H and O–H groups in total. The number of hydrazone groups is 1. The lowest BCUT2D eigenvalue weighted by atomic mass is 10.1. The SMILES string of the molecule is Cc1ccccc1NC(=S)NN=C1CC[NH+](Cc2ccccc2)CC1. The van der Waals surface area contributed by atoms with Crippen LogP contribution in [0, 0.1) is 6.92 Å². The van der Waals surface area contributed by atoms with Crippen molar-refractivity contribution in [2.75, 3.05) is 18.4 Å². The molecule has 0 aromatic heterocycles. The van der Waals surface area contributed by atoms with Crippen LogP contribution in [-0.4, -0.2) is 23.9 Å². The summed E-state index contributed by atoms with van der Waals surface area (Å²) < 4.78 is 0. The molecule has 0 bridgehead atoms. The lowest BCUT2D eigenvalue weighted by Gasteiger charge is -2.24. The Morgan fingerprint density at radius 2 is 1.72 bits per heavy atom. The Balaban J connectivity index is 1.45. The highest BCUT2D eigenvalue weighted by Crippen LogP contribution is 2.12. The number of hydrogen-bond donors (Lipinski definition) is 3. The van der Waals surface area contributed by atoms with Gasteiger partial charge in [-0.1, -0.05) is 48.5 Å². The van der Waals surface area contributed by atoms with Crippen LogP contribution in [0.3, 0.4) is 0 Å². The van der Waals surface area contributed by atoms with Crippen molar-refractivity contribution in [2.45, 2.75) is 26.3 Å². The first-order valence-corrected chi connectivity index (χ1v) is 9.17. The average Bonchev–Trinajstić information content (AvgIpc) is 2.64. The molecule has 4 nitrogen and oxygen atoms in total. The standard InChI is InChI=1S/C20H24N4S/c1-16-7-5-6-10-19(16)21-20(25)23-22-18-11-13-24(14-12-18)15-17-8-3-2-4-9-17/h2-10H,11-15H2,1H3,(H2,21,23,25)/p+1. The van der Waals surface area contributed by atoms with Gasteiger partial charge in [-0.15, -0.1) is 0 Å². The van der Waals surface area contributed by atoms with Gasteiger partial charge in [0.15, 0.2) is 5.11 Å². The first kappa shape index (κ1) is 17.6. The fourth-order valence-corrected chi connectivity index (χ4v) is 3.21. The molecule has 130 valence electrons. The molecule has 1 aliphatic heterocycles. The molecule has 0 radical (unpaired) electrons. The Kier molecular flexibility index (Phi) is 6.14. The minimum absolute atomic E-state index is 0.542. The average molecular weight is 354 g/mol. The minimum atomic E-state index is 0.542. The summed E-state index contributed by atoms with van der Waals surface area (Å²) in [6.45, 7) is 5.39. The van der Waals surface area contributed by atoms with E-state index >= 15 is 0 Å². The molecule has 1 fully saturated rings. The topological polar surface area (TPSA) is 40.9 Å². The fourth-order valence-electron chi connectivity index (χ4n) is 3.06. The van der Waals surface area contributed by atoms with Gasteiger partial charge in [-0.05, 0) is 30.8 Å². The molecule has 1 saturated heterocycles. The van der Waals surface area contributed by atoms with Gasteiger partial charge < -0.3 is 10.2 Å². The maximum atomic E-state index is 5.34. The largest absolute Gasteiger partial charge is 0.331 e. The molecule has 1 aliphatic rings. The molecular weight excluding hydrogens is 328 g/mol. The number of hydrogen-bond acceptors (Lipinski definition) is 2. The number of aryl methyl sites for hydroxylation is 1. The molecule has 0 spiro atoms. The van der Waals surface area contributed by atoms with Crippen LogP contribution in [0.25, 0.3) is 0 Å². The van der Waals surface area contributed by atoms with E-state index in [2.05, 4.69) is 59.2 Å². The number of thiocarbonyl (C=S) groups is 1. The van der Waals surface area contributed by atoms with Gasteiger partial charge in [0, 0.05) is 29.8 Å². The van der Waals surface area contributed by atoms with E-state index in [9.17, 15) is 0 Å². The molecule has 3 rings (SSSR count). The van der Waals surface area contributed by atoms with Crippen LogP contribution in [0.4, 0.5) is 5.69 Å². The van der Waals surface area contributed by atoms with Crippen molar-refractivity contribution in [3.05, 3.63) is 65.7 Å². The molecule has 0 amide bonds. The van der Waals surface area contributed by atoms with E-state index in [1.165, 1.54) is 11.3 Å². The Bertz CT molecular complexity index is 732. The number of rotatable bonds is 4. The Morgan fingerprint density at radius 3 is 2.44 bits per heavy atom. The number of quaternary nitrogens is 1. The zero-order valence-corrected chi connectivity index (χ0v) is 15.4. The van der Waals surface area contributed by atoms with E-state index in [1.807, 2.05) is 18.2 Å².